The second-order valence-electron chi connectivity index (χ2n) is 3.01. The molecule has 4 N–H and O–H groups in total. The Morgan fingerprint density at radius 2 is 2.00 bits per heavy atom. The monoisotopic (exact) mass is 200 g/mol. The molecule has 0 saturated heterocycles. The lowest BCUT2D eigenvalue weighted by molar-refractivity contribution is -0.132. The number of hydrogen-bond donors (Lipinski definition) is 3. The van der Waals surface area contributed by atoms with Crippen molar-refractivity contribution < 1.29 is 14.7 Å². The normalized spacial score (nSPS) is 9.71. The van der Waals surface area contributed by atoms with Crippen molar-refractivity contribution >= 4 is 11.9 Å². The van der Waals surface area contributed by atoms with E-state index in [1.54, 1.807) is 0 Å². The lowest BCUT2D eigenvalue weighted by Gasteiger charge is -2.03. The average molecular weight is 200 g/mol. The number of amides is 1. The third kappa shape index (κ3) is 7.30. The molecule has 0 aromatic heterocycles. The van der Waals surface area contributed by atoms with E-state index in [9.17, 15) is 9.59 Å². The maximum atomic E-state index is 10.3. The van der Waals surface area contributed by atoms with Crippen molar-refractivity contribution in [2.75, 3.05) is 13.1 Å². The van der Waals surface area contributed by atoms with Crippen LogP contribution in [0.15, 0.2) is 12.2 Å². The quantitative estimate of drug-likeness (QED) is 0.376. The zero-order valence-electron chi connectivity index (χ0n) is 8.08. The molecule has 0 unspecified atom stereocenters. The second-order valence-corrected chi connectivity index (χ2v) is 3.01. The highest BCUT2D eigenvalue weighted by Gasteiger charge is 2.01. The molecule has 0 aliphatic rings. The number of primary amides is 1. The largest absolute Gasteiger partial charge is 0.478 e. The zero-order chi connectivity index (χ0) is 11.0. The fourth-order valence-corrected chi connectivity index (χ4v) is 0.864. The van der Waals surface area contributed by atoms with Gasteiger partial charge in [-0.15, -0.1) is 0 Å². The fraction of sp³-hybridized carbons (Fsp3) is 0.556. The van der Waals surface area contributed by atoms with E-state index in [0.717, 1.165) is 12.8 Å². The first-order chi connectivity index (χ1) is 6.54. The van der Waals surface area contributed by atoms with Gasteiger partial charge in [0.15, 0.2) is 0 Å². The van der Waals surface area contributed by atoms with Crippen molar-refractivity contribution in [3.05, 3.63) is 12.2 Å². The first kappa shape index (κ1) is 12.6. The highest BCUT2D eigenvalue weighted by molar-refractivity contribution is 5.86. The van der Waals surface area contributed by atoms with Crippen molar-refractivity contribution in [3.8, 4) is 0 Å². The maximum Gasteiger partial charge on any atom is 0.332 e. The number of hydrogen-bond acceptors (Lipinski definition) is 3. The van der Waals surface area contributed by atoms with Crippen molar-refractivity contribution in [1.29, 1.82) is 0 Å². The SMILES string of the molecule is C=C(CNCCCCC(N)=O)C(=O)O. The number of unbranched alkanes of at least 4 members (excludes halogenated alkanes) is 1. The molecule has 14 heavy (non-hydrogen) atoms. The number of carboxylic acid groups (broad SMARTS) is 1. The van der Waals surface area contributed by atoms with Crippen LogP contribution in [-0.2, 0) is 9.59 Å². The summed E-state index contributed by atoms with van der Waals surface area (Å²) < 4.78 is 0. The summed E-state index contributed by atoms with van der Waals surface area (Å²) in [6.45, 7) is 4.30. The summed E-state index contributed by atoms with van der Waals surface area (Å²) in [7, 11) is 0. The molecule has 0 saturated carbocycles. The summed E-state index contributed by atoms with van der Waals surface area (Å²) in [5, 5.41) is 11.4. The molecule has 0 aliphatic carbocycles. The van der Waals surface area contributed by atoms with E-state index in [0.29, 0.717) is 13.0 Å². The molecule has 80 valence electrons. The van der Waals surface area contributed by atoms with Crippen LogP contribution in [0, 0.1) is 0 Å². The minimum absolute atomic E-state index is 0.139. The van der Waals surface area contributed by atoms with E-state index >= 15 is 0 Å². The van der Waals surface area contributed by atoms with Gasteiger partial charge in [-0.25, -0.2) is 4.79 Å². The minimum atomic E-state index is -0.991. The van der Waals surface area contributed by atoms with Crippen LogP contribution in [0.1, 0.15) is 19.3 Å². The average Bonchev–Trinajstić information content (AvgIpc) is 2.09. The molecule has 0 aromatic carbocycles. The summed E-state index contributed by atoms with van der Waals surface area (Å²) in [4.78, 5) is 20.6. The van der Waals surface area contributed by atoms with Crippen LogP contribution >= 0.6 is 0 Å². The van der Waals surface area contributed by atoms with E-state index in [-0.39, 0.29) is 18.0 Å². The summed E-state index contributed by atoms with van der Waals surface area (Å²) >= 11 is 0. The van der Waals surface area contributed by atoms with E-state index < -0.39 is 5.97 Å². The van der Waals surface area contributed by atoms with E-state index in [1.807, 2.05) is 0 Å². The van der Waals surface area contributed by atoms with Gasteiger partial charge in [0.25, 0.3) is 0 Å². The van der Waals surface area contributed by atoms with Gasteiger partial charge in [0.05, 0.1) is 0 Å². The highest BCUT2D eigenvalue weighted by Crippen LogP contribution is 1.93. The van der Waals surface area contributed by atoms with Crippen LogP contribution in [0.4, 0.5) is 0 Å². The third-order valence-electron chi connectivity index (χ3n) is 1.67. The molecule has 0 fully saturated rings. The van der Waals surface area contributed by atoms with Gasteiger partial charge >= 0.3 is 5.97 Å². The Labute approximate surface area is 83.0 Å². The maximum absolute atomic E-state index is 10.3. The standard InChI is InChI=1S/C9H16N2O3/c1-7(9(13)14)6-11-5-3-2-4-8(10)12/h11H,1-6H2,(H2,10,12)(H,13,14). The first-order valence-corrected chi connectivity index (χ1v) is 4.44. The van der Waals surface area contributed by atoms with Gasteiger partial charge in [-0.2, -0.15) is 0 Å². The Morgan fingerprint density at radius 1 is 1.36 bits per heavy atom. The van der Waals surface area contributed by atoms with Crippen LogP contribution in [0.25, 0.3) is 0 Å². The molecular weight excluding hydrogens is 184 g/mol. The number of nitrogens with one attached hydrogen (secondary N) is 1. The molecule has 0 radical (unpaired) electrons. The van der Waals surface area contributed by atoms with Crippen LogP contribution in [0.2, 0.25) is 0 Å². The molecule has 0 spiro atoms. The molecule has 5 nitrogen and oxygen atoms in total. The number of carbonyl (C=O) groups excluding carboxylic acids is 1. The zero-order valence-corrected chi connectivity index (χ0v) is 8.08. The number of carbonyl (C=O) groups is 2. The lowest BCUT2D eigenvalue weighted by Crippen LogP contribution is -2.21. The van der Waals surface area contributed by atoms with Gasteiger partial charge in [-0.05, 0) is 19.4 Å². The molecule has 0 atom stereocenters. The molecule has 0 aliphatic heterocycles. The summed E-state index contributed by atoms with van der Waals surface area (Å²) in [5.74, 6) is -1.30. The summed E-state index contributed by atoms with van der Waals surface area (Å²) in [6.07, 6.45) is 1.90. The smallest absolute Gasteiger partial charge is 0.332 e. The third-order valence-corrected chi connectivity index (χ3v) is 1.67. The van der Waals surface area contributed by atoms with Crippen molar-refractivity contribution in [2.45, 2.75) is 19.3 Å². The Balaban J connectivity index is 3.26. The molecule has 1 amide bonds. The van der Waals surface area contributed by atoms with E-state index in [4.69, 9.17) is 10.8 Å². The predicted molar refractivity (Wildman–Crippen MR) is 52.7 cm³/mol. The Bertz CT molecular complexity index is 226. The van der Waals surface area contributed by atoms with Crippen molar-refractivity contribution in [1.82, 2.24) is 5.32 Å². The molecule has 0 heterocycles. The Morgan fingerprint density at radius 3 is 2.50 bits per heavy atom. The van der Waals surface area contributed by atoms with Gasteiger partial charge in [-0.1, -0.05) is 6.58 Å². The van der Waals surface area contributed by atoms with Gasteiger partial charge in [0, 0.05) is 18.5 Å². The lowest BCUT2D eigenvalue weighted by atomic mass is 10.2. The Hall–Kier alpha value is -1.36. The Kier molecular flexibility index (Phi) is 6.39. The fourth-order valence-electron chi connectivity index (χ4n) is 0.864. The number of rotatable bonds is 8. The molecule has 0 rings (SSSR count). The summed E-state index contributed by atoms with van der Waals surface area (Å²) in [6, 6.07) is 0. The van der Waals surface area contributed by atoms with Crippen LogP contribution < -0.4 is 11.1 Å². The molecule has 0 bridgehead atoms. The highest BCUT2D eigenvalue weighted by atomic mass is 16.4. The van der Waals surface area contributed by atoms with Crippen molar-refractivity contribution in [3.63, 3.8) is 0 Å². The topological polar surface area (TPSA) is 92.4 Å². The van der Waals surface area contributed by atoms with Gasteiger partial charge in [0.1, 0.15) is 0 Å². The summed E-state index contributed by atoms with van der Waals surface area (Å²) in [5.41, 5.74) is 5.08. The molecular formula is C9H16N2O3. The van der Waals surface area contributed by atoms with Gasteiger partial charge < -0.3 is 16.2 Å². The number of carboxylic acids is 1. The predicted octanol–water partition coefficient (Wildman–Crippen LogP) is -0.128. The number of aliphatic carboxylic acids is 1. The second kappa shape index (κ2) is 7.08. The number of nitrogens with two attached hydrogens (primary N) is 1. The van der Waals surface area contributed by atoms with E-state index in [1.165, 1.54) is 0 Å². The first-order valence-electron chi connectivity index (χ1n) is 4.44. The van der Waals surface area contributed by atoms with Gasteiger partial charge in [0.2, 0.25) is 5.91 Å². The molecule has 5 heteroatoms. The van der Waals surface area contributed by atoms with Crippen LogP contribution in [0.5, 0.6) is 0 Å². The minimum Gasteiger partial charge on any atom is -0.478 e. The van der Waals surface area contributed by atoms with Gasteiger partial charge in [-0.3, -0.25) is 4.79 Å². The van der Waals surface area contributed by atoms with Crippen LogP contribution in [-0.4, -0.2) is 30.1 Å². The molecule has 0 aromatic rings. The van der Waals surface area contributed by atoms with Crippen molar-refractivity contribution in [2.24, 2.45) is 5.73 Å². The van der Waals surface area contributed by atoms with E-state index in [2.05, 4.69) is 11.9 Å². The van der Waals surface area contributed by atoms with Crippen LogP contribution in [0.3, 0.4) is 0 Å².